The van der Waals surface area contributed by atoms with Crippen LogP contribution in [-0.4, -0.2) is 49.8 Å². The SMILES string of the molecule is Cc1ccc2c(c1)C=C(CO)C1=CC=CNC1C2C1CCN(S(C)(=O)=O)CC1. The van der Waals surface area contributed by atoms with E-state index in [0.29, 0.717) is 19.0 Å². The van der Waals surface area contributed by atoms with Gasteiger partial charge in [0.1, 0.15) is 0 Å². The van der Waals surface area contributed by atoms with Gasteiger partial charge in [0, 0.05) is 19.0 Å². The van der Waals surface area contributed by atoms with E-state index in [1.54, 1.807) is 4.31 Å². The van der Waals surface area contributed by atoms with Crippen LogP contribution in [0.5, 0.6) is 0 Å². The van der Waals surface area contributed by atoms with Crippen LogP contribution in [0.4, 0.5) is 0 Å². The number of rotatable bonds is 3. The Labute approximate surface area is 167 Å². The predicted molar refractivity (Wildman–Crippen MR) is 112 cm³/mol. The van der Waals surface area contributed by atoms with Gasteiger partial charge in [0.05, 0.1) is 18.9 Å². The second-order valence-electron chi connectivity index (χ2n) is 8.11. The fourth-order valence-electron chi connectivity index (χ4n) is 4.91. The van der Waals surface area contributed by atoms with E-state index >= 15 is 0 Å². The van der Waals surface area contributed by atoms with Crippen LogP contribution in [0.3, 0.4) is 0 Å². The molecular weight excluding hydrogens is 372 g/mol. The van der Waals surface area contributed by atoms with Crippen molar-refractivity contribution in [2.45, 2.75) is 31.7 Å². The molecule has 150 valence electrons. The number of sulfonamides is 1. The van der Waals surface area contributed by atoms with E-state index in [-0.39, 0.29) is 18.6 Å². The monoisotopic (exact) mass is 400 g/mol. The van der Waals surface area contributed by atoms with E-state index in [4.69, 9.17) is 0 Å². The zero-order valence-corrected chi connectivity index (χ0v) is 17.2. The summed E-state index contributed by atoms with van der Waals surface area (Å²) in [6, 6.07) is 6.64. The molecule has 0 aromatic heterocycles. The fourth-order valence-corrected chi connectivity index (χ4v) is 5.79. The summed E-state index contributed by atoms with van der Waals surface area (Å²) in [5.74, 6) is 0.604. The number of hydrogen-bond acceptors (Lipinski definition) is 4. The molecule has 0 spiro atoms. The number of allylic oxidation sites excluding steroid dienone is 2. The summed E-state index contributed by atoms with van der Waals surface area (Å²) in [4.78, 5) is 0. The Morgan fingerprint density at radius 3 is 2.68 bits per heavy atom. The topological polar surface area (TPSA) is 69.6 Å². The summed E-state index contributed by atoms with van der Waals surface area (Å²) in [7, 11) is -3.14. The van der Waals surface area contributed by atoms with Gasteiger partial charge in [-0.25, -0.2) is 12.7 Å². The van der Waals surface area contributed by atoms with Crippen molar-refractivity contribution in [2.75, 3.05) is 26.0 Å². The second kappa shape index (κ2) is 7.50. The second-order valence-corrected chi connectivity index (χ2v) is 10.1. The molecule has 2 unspecified atom stereocenters. The number of dihydropyridines is 1. The molecule has 0 saturated carbocycles. The Kier molecular flexibility index (Phi) is 5.21. The normalized spacial score (nSPS) is 25.8. The number of piperidine rings is 1. The van der Waals surface area contributed by atoms with E-state index in [9.17, 15) is 13.5 Å². The molecule has 0 amide bonds. The van der Waals surface area contributed by atoms with E-state index < -0.39 is 10.0 Å². The third-order valence-corrected chi connectivity index (χ3v) is 7.59. The number of benzene rings is 1. The van der Waals surface area contributed by atoms with Crippen LogP contribution in [0.2, 0.25) is 0 Å². The van der Waals surface area contributed by atoms with Gasteiger partial charge in [-0.05, 0) is 66.3 Å². The summed E-state index contributed by atoms with van der Waals surface area (Å²) in [6.07, 6.45) is 11.2. The Balaban J connectivity index is 1.75. The van der Waals surface area contributed by atoms with Crippen molar-refractivity contribution < 1.29 is 13.5 Å². The molecular formula is C22H28N2O3S. The van der Waals surface area contributed by atoms with E-state index in [0.717, 1.165) is 29.6 Å². The van der Waals surface area contributed by atoms with Gasteiger partial charge in [0.2, 0.25) is 10.0 Å². The van der Waals surface area contributed by atoms with Gasteiger partial charge >= 0.3 is 0 Å². The lowest BCUT2D eigenvalue weighted by atomic mass is 9.73. The Hall–Kier alpha value is -1.89. The van der Waals surface area contributed by atoms with Gasteiger partial charge in [0.25, 0.3) is 0 Å². The number of aliphatic hydroxyl groups is 1. The third kappa shape index (κ3) is 3.56. The van der Waals surface area contributed by atoms with Crippen LogP contribution >= 0.6 is 0 Å². The van der Waals surface area contributed by atoms with Gasteiger partial charge in [-0.15, -0.1) is 0 Å². The van der Waals surface area contributed by atoms with Crippen LogP contribution in [0.1, 0.15) is 35.4 Å². The maximum absolute atomic E-state index is 11.9. The molecule has 2 N–H and O–H groups in total. The molecule has 0 bridgehead atoms. The lowest BCUT2D eigenvalue weighted by Crippen LogP contribution is -2.44. The largest absolute Gasteiger partial charge is 0.392 e. The maximum Gasteiger partial charge on any atom is 0.211 e. The van der Waals surface area contributed by atoms with Gasteiger partial charge in [-0.3, -0.25) is 0 Å². The smallest absolute Gasteiger partial charge is 0.211 e. The number of aryl methyl sites for hydroxylation is 1. The highest BCUT2D eigenvalue weighted by atomic mass is 32.2. The fraction of sp³-hybridized carbons (Fsp3) is 0.455. The minimum atomic E-state index is -3.14. The molecule has 1 aromatic carbocycles. The van der Waals surface area contributed by atoms with Gasteiger partial charge < -0.3 is 10.4 Å². The first-order valence-corrected chi connectivity index (χ1v) is 11.7. The third-order valence-electron chi connectivity index (χ3n) is 6.29. The maximum atomic E-state index is 11.9. The summed E-state index contributed by atoms with van der Waals surface area (Å²) in [6.45, 7) is 3.24. The summed E-state index contributed by atoms with van der Waals surface area (Å²) in [5.41, 5.74) is 5.73. The Bertz CT molecular complexity index is 954. The van der Waals surface area contributed by atoms with Crippen LogP contribution in [-0.2, 0) is 10.0 Å². The number of hydrogen-bond donors (Lipinski definition) is 2. The average molecular weight is 401 g/mol. The van der Waals surface area contributed by atoms with E-state index in [2.05, 4.69) is 42.6 Å². The molecule has 1 aliphatic carbocycles. The minimum absolute atomic E-state index is 0.00444. The standard InChI is InChI=1S/C22H28N2O3S/c1-15-5-6-19-17(12-15)13-18(14-25)20-4-3-9-23-22(20)21(19)16-7-10-24(11-8-16)28(2,26)27/h3-6,9,12-13,16,21-23,25H,7-8,10-11,14H2,1-2H3. The lowest BCUT2D eigenvalue weighted by Gasteiger charge is -2.40. The molecule has 6 heteroatoms. The van der Waals surface area contributed by atoms with Crippen molar-refractivity contribution in [1.29, 1.82) is 0 Å². The number of fused-ring (bicyclic) bond motifs is 2. The molecule has 28 heavy (non-hydrogen) atoms. The highest BCUT2D eigenvalue weighted by Crippen LogP contribution is 2.44. The zero-order valence-electron chi connectivity index (χ0n) is 16.4. The van der Waals surface area contributed by atoms with Crippen molar-refractivity contribution in [3.63, 3.8) is 0 Å². The zero-order chi connectivity index (χ0) is 19.9. The Morgan fingerprint density at radius 2 is 2.00 bits per heavy atom. The van der Waals surface area contributed by atoms with Crippen LogP contribution in [0, 0.1) is 12.8 Å². The molecule has 2 atom stereocenters. The van der Waals surface area contributed by atoms with Crippen molar-refractivity contribution >= 4 is 16.1 Å². The lowest BCUT2D eigenvalue weighted by molar-refractivity contribution is 0.228. The van der Waals surface area contributed by atoms with Crippen LogP contribution in [0.15, 0.2) is 47.7 Å². The first-order chi connectivity index (χ1) is 13.4. The quantitative estimate of drug-likeness (QED) is 0.818. The molecule has 1 fully saturated rings. The van der Waals surface area contributed by atoms with Gasteiger partial charge in [-0.2, -0.15) is 0 Å². The van der Waals surface area contributed by atoms with Gasteiger partial charge in [0.15, 0.2) is 0 Å². The molecule has 1 aromatic rings. The van der Waals surface area contributed by atoms with Gasteiger partial charge in [-0.1, -0.05) is 29.8 Å². The molecule has 2 heterocycles. The van der Waals surface area contributed by atoms with E-state index in [1.165, 1.54) is 17.4 Å². The molecule has 5 nitrogen and oxygen atoms in total. The highest BCUT2D eigenvalue weighted by Gasteiger charge is 2.39. The number of nitrogens with one attached hydrogen (secondary N) is 1. The summed E-state index contributed by atoms with van der Waals surface area (Å²) >= 11 is 0. The molecule has 0 radical (unpaired) electrons. The average Bonchev–Trinajstić information content (AvgIpc) is 2.81. The highest BCUT2D eigenvalue weighted by molar-refractivity contribution is 7.88. The van der Waals surface area contributed by atoms with E-state index in [1.807, 2.05) is 12.3 Å². The summed E-state index contributed by atoms with van der Waals surface area (Å²) < 4.78 is 25.5. The Morgan fingerprint density at radius 1 is 1.25 bits per heavy atom. The first kappa shape index (κ1) is 19.4. The summed E-state index contributed by atoms with van der Waals surface area (Å²) in [5, 5.41) is 13.6. The van der Waals surface area contributed by atoms with Crippen molar-refractivity contribution in [3.8, 4) is 0 Å². The predicted octanol–water partition coefficient (Wildman–Crippen LogP) is 2.55. The molecule has 4 rings (SSSR count). The minimum Gasteiger partial charge on any atom is -0.392 e. The van der Waals surface area contributed by atoms with Crippen LogP contribution in [0.25, 0.3) is 6.08 Å². The van der Waals surface area contributed by atoms with Crippen molar-refractivity contribution in [1.82, 2.24) is 9.62 Å². The number of nitrogens with zero attached hydrogens (tertiary/aromatic N) is 1. The number of aliphatic hydroxyl groups excluding tert-OH is 1. The van der Waals surface area contributed by atoms with Crippen molar-refractivity contribution in [3.05, 3.63) is 64.4 Å². The molecule has 2 aliphatic heterocycles. The first-order valence-electron chi connectivity index (χ1n) is 9.88. The van der Waals surface area contributed by atoms with Crippen LogP contribution < -0.4 is 5.32 Å². The molecule has 1 saturated heterocycles. The van der Waals surface area contributed by atoms with Crippen molar-refractivity contribution in [2.24, 2.45) is 5.92 Å². The molecule has 3 aliphatic rings.